The Morgan fingerprint density at radius 2 is 1.85 bits per heavy atom. The fourth-order valence-corrected chi connectivity index (χ4v) is 2.49. The second kappa shape index (κ2) is 7.09. The number of ether oxygens (including phenoxy) is 1. The van der Waals surface area contributed by atoms with Gasteiger partial charge in [-0.3, -0.25) is 4.90 Å². The number of hydrogen-bond donors (Lipinski definition) is 1. The number of nitrogens with zero attached hydrogens (tertiary/aromatic N) is 1. The van der Waals surface area contributed by atoms with E-state index in [9.17, 15) is 0 Å². The summed E-state index contributed by atoms with van der Waals surface area (Å²) in [5.41, 5.74) is 7.70. The summed E-state index contributed by atoms with van der Waals surface area (Å²) in [6, 6.07) is 8.44. The number of likely N-dealkylation sites (N-methyl/N-ethyl adjacent to an activating group) is 1. The van der Waals surface area contributed by atoms with Crippen LogP contribution in [0.1, 0.15) is 52.1 Å². The van der Waals surface area contributed by atoms with Crippen LogP contribution in [0.2, 0.25) is 0 Å². The average Bonchev–Trinajstić information content (AvgIpc) is 2.47. The molecule has 0 aliphatic carbocycles. The maximum Gasteiger partial charge on any atom is 0.123 e. The molecular formula is C17H30N2O. The molecule has 0 aliphatic heterocycles. The molecular weight excluding hydrogens is 248 g/mol. The smallest absolute Gasteiger partial charge is 0.123 e. The number of benzene rings is 1. The third-order valence-electron chi connectivity index (χ3n) is 4.57. The molecule has 0 radical (unpaired) electrons. The molecule has 1 aromatic carbocycles. The Labute approximate surface area is 124 Å². The monoisotopic (exact) mass is 278 g/mol. The molecule has 0 fully saturated rings. The lowest BCUT2D eigenvalue weighted by molar-refractivity contribution is 0.0792. The van der Waals surface area contributed by atoms with Crippen molar-refractivity contribution >= 4 is 0 Å². The van der Waals surface area contributed by atoms with E-state index in [2.05, 4.69) is 51.8 Å². The number of para-hydroxylation sites is 1. The van der Waals surface area contributed by atoms with E-state index >= 15 is 0 Å². The molecule has 1 rings (SSSR count). The Balaban J connectivity index is 3.26. The number of hydrogen-bond acceptors (Lipinski definition) is 3. The van der Waals surface area contributed by atoms with E-state index in [-0.39, 0.29) is 17.6 Å². The van der Waals surface area contributed by atoms with Crippen LogP contribution in [0.3, 0.4) is 0 Å². The molecule has 0 saturated heterocycles. The summed E-state index contributed by atoms with van der Waals surface area (Å²) in [5, 5.41) is 0. The number of nitrogens with two attached hydrogens (primary N) is 1. The highest BCUT2D eigenvalue weighted by Gasteiger charge is 2.33. The maximum atomic E-state index is 6.43. The van der Waals surface area contributed by atoms with Gasteiger partial charge in [-0.15, -0.1) is 0 Å². The van der Waals surface area contributed by atoms with Crippen molar-refractivity contribution in [3.05, 3.63) is 29.8 Å². The topological polar surface area (TPSA) is 38.5 Å². The Bertz CT molecular complexity index is 417. The van der Waals surface area contributed by atoms with Crippen LogP contribution in [0.25, 0.3) is 0 Å². The van der Waals surface area contributed by atoms with Crippen LogP contribution in [-0.4, -0.2) is 30.6 Å². The minimum atomic E-state index is 0.0853. The van der Waals surface area contributed by atoms with Gasteiger partial charge in [0, 0.05) is 17.1 Å². The Kier molecular flexibility index (Phi) is 6.03. The van der Waals surface area contributed by atoms with Crippen LogP contribution in [0.15, 0.2) is 24.3 Å². The Hall–Kier alpha value is -1.06. The molecule has 0 saturated carbocycles. The van der Waals surface area contributed by atoms with Gasteiger partial charge in [-0.2, -0.15) is 0 Å². The molecule has 0 aromatic heterocycles. The molecule has 1 aromatic rings. The minimum absolute atomic E-state index is 0.0853. The van der Waals surface area contributed by atoms with Gasteiger partial charge in [-0.05, 0) is 39.8 Å². The van der Waals surface area contributed by atoms with Crippen LogP contribution in [0.5, 0.6) is 5.75 Å². The first-order valence-corrected chi connectivity index (χ1v) is 7.50. The van der Waals surface area contributed by atoms with Gasteiger partial charge in [0.1, 0.15) is 5.75 Å². The summed E-state index contributed by atoms with van der Waals surface area (Å²) in [7, 11) is 3.88. The maximum absolute atomic E-state index is 6.43. The largest absolute Gasteiger partial charge is 0.496 e. The zero-order chi connectivity index (χ0) is 15.3. The molecule has 0 amide bonds. The van der Waals surface area contributed by atoms with Crippen molar-refractivity contribution in [3.63, 3.8) is 0 Å². The van der Waals surface area contributed by atoms with E-state index in [1.807, 2.05) is 12.1 Å². The van der Waals surface area contributed by atoms with Gasteiger partial charge in [0.15, 0.2) is 0 Å². The van der Waals surface area contributed by atoms with Gasteiger partial charge < -0.3 is 10.5 Å². The lowest BCUT2D eigenvalue weighted by Gasteiger charge is -2.43. The molecule has 0 heterocycles. The van der Waals surface area contributed by atoms with Gasteiger partial charge in [-0.25, -0.2) is 0 Å². The third kappa shape index (κ3) is 3.53. The summed E-state index contributed by atoms with van der Waals surface area (Å²) in [6.45, 7) is 8.88. The summed E-state index contributed by atoms with van der Waals surface area (Å²) in [5.74, 6) is 0.917. The number of methoxy groups -OCH3 is 1. The van der Waals surface area contributed by atoms with Crippen LogP contribution >= 0.6 is 0 Å². The normalized spacial score (nSPS) is 15.2. The molecule has 0 bridgehead atoms. The van der Waals surface area contributed by atoms with Crippen molar-refractivity contribution in [3.8, 4) is 5.75 Å². The number of rotatable bonds is 7. The lowest BCUT2D eigenvalue weighted by Crippen LogP contribution is -2.49. The van der Waals surface area contributed by atoms with E-state index in [1.54, 1.807) is 7.11 Å². The van der Waals surface area contributed by atoms with Crippen molar-refractivity contribution in [1.29, 1.82) is 0 Å². The van der Waals surface area contributed by atoms with Gasteiger partial charge >= 0.3 is 0 Å². The summed E-state index contributed by atoms with van der Waals surface area (Å²) in [6.07, 6.45) is 2.01. The highest BCUT2D eigenvalue weighted by Crippen LogP contribution is 2.36. The van der Waals surface area contributed by atoms with Crippen molar-refractivity contribution in [2.75, 3.05) is 14.2 Å². The van der Waals surface area contributed by atoms with E-state index in [1.165, 1.54) is 5.56 Å². The van der Waals surface area contributed by atoms with E-state index in [0.717, 1.165) is 18.6 Å². The van der Waals surface area contributed by atoms with Crippen molar-refractivity contribution in [1.82, 2.24) is 4.90 Å². The first-order chi connectivity index (χ1) is 9.38. The highest BCUT2D eigenvalue weighted by atomic mass is 16.5. The van der Waals surface area contributed by atoms with Crippen LogP contribution in [0, 0.1) is 0 Å². The molecule has 3 heteroatoms. The van der Waals surface area contributed by atoms with E-state index in [4.69, 9.17) is 10.5 Å². The van der Waals surface area contributed by atoms with Gasteiger partial charge in [0.05, 0.1) is 13.2 Å². The molecule has 2 atom stereocenters. The second-order valence-corrected chi connectivity index (χ2v) is 6.04. The second-order valence-electron chi connectivity index (χ2n) is 6.04. The quantitative estimate of drug-likeness (QED) is 0.828. The average molecular weight is 278 g/mol. The van der Waals surface area contributed by atoms with E-state index in [0.29, 0.717) is 0 Å². The van der Waals surface area contributed by atoms with Gasteiger partial charge in [0.25, 0.3) is 0 Å². The molecule has 2 N–H and O–H groups in total. The predicted octanol–water partition coefficient (Wildman–Crippen LogP) is 3.59. The fourth-order valence-electron chi connectivity index (χ4n) is 2.49. The highest BCUT2D eigenvalue weighted by molar-refractivity contribution is 5.37. The predicted molar refractivity (Wildman–Crippen MR) is 86.1 cm³/mol. The Morgan fingerprint density at radius 1 is 1.25 bits per heavy atom. The Morgan fingerprint density at radius 3 is 2.35 bits per heavy atom. The van der Waals surface area contributed by atoms with Gasteiger partial charge in [0.2, 0.25) is 0 Å². The molecule has 2 unspecified atom stereocenters. The molecule has 3 nitrogen and oxygen atoms in total. The van der Waals surface area contributed by atoms with Crippen LogP contribution in [0.4, 0.5) is 0 Å². The molecule has 0 aliphatic rings. The molecule has 0 spiro atoms. The summed E-state index contributed by atoms with van der Waals surface area (Å²) >= 11 is 0. The third-order valence-corrected chi connectivity index (χ3v) is 4.57. The molecule has 20 heavy (non-hydrogen) atoms. The van der Waals surface area contributed by atoms with Crippen molar-refractivity contribution < 1.29 is 4.74 Å². The summed E-state index contributed by atoms with van der Waals surface area (Å²) < 4.78 is 5.54. The lowest BCUT2D eigenvalue weighted by atomic mass is 9.90. The van der Waals surface area contributed by atoms with Crippen molar-refractivity contribution in [2.24, 2.45) is 5.73 Å². The minimum Gasteiger partial charge on any atom is -0.496 e. The zero-order valence-electron chi connectivity index (χ0n) is 13.8. The zero-order valence-corrected chi connectivity index (χ0v) is 13.8. The van der Waals surface area contributed by atoms with E-state index < -0.39 is 0 Å². The first-order valence-electron chi connectivity index (χ1n) is 7.50. The van der Waals surface area contributed by atoms with Crippen LogP contribution in [-0.2, 0) is 0 Å². The fraction of sp³-hybridized carbons (Fsp3) is 0.647. The summed E-state index contributed by atoms with van der Waals surface area (Å²) in [4.78, 5) is 2.39. The van der Waals surface area contributed by atoms with Crippen LogP contribution < -0.4 is 10.5 Å². The first kappa shape index (κ1) is 17.0. The standard InChI is InChI=1S/C17H30N2O/c1-7-14(18)16(19(5)17(3,4)8-2)13-11-9-10-12-15(13)20-6/h9-12,14,16H,7-8,18H2,1-6H3. The molecule has 114 valence electrons. The van der Waals surface area contributed by atoms with Gasteiger partial charge in [-0.1, -0.05) is 32.0 Å². The SMILES string of the molecule is CCC(N)C(c1ccccc1OC)N(C)C(C)(C)CC. The van der Waals surface area contributed by atoms with Crippen molar-refractivity contribution in [2.45, 2.75) is 58.2 Å².